The molecule has 0 saturated heterocycles. The molecular weight excluding hydrogens is 241 g/mol. The zero-order chi connectivity index (χ0) is 14.1. The van der Waals surface area contributed by atoms with Crippen molar-refractivity contribution in [3.8, 4) is 0 Å². The smallest absolute Gasteiger partial charge is 0.323 e. The molecule has 17 heavy (non-hydrogen) atoms. The fourth-order valence-corrected chi connectivity index (χ4v) is 3.73. The third-order valence-electron chi connectivity index (χ3n) is 2.32. The standard InChI is InChI=1S/C11H26NO4P/c1-8-16-17(14,15)9(10(2,3)4)12(13)11(5,6)7/h9,13H,8H2,1-7H3,(H,14,15). The van der Waals surface area contributed by atoms with Gasteiger partial charge in [0.05, 0.1) is 6.61 Å². The van der Waals surface area contributed by atoms with Crippen molar-refractivity contribution >= 4 is 7.60 Å². The summed E-state index contributed by atoms with van der Waals surface area (Å²) in [6.45, 7) is 12.5. The first-order valence-corrected chi connectivity index (χ1v) is 7.44. The van der Waals surface area contributed by atoms with Crippen LogP contribution in [0.1, 0.15) is 48.5 Å². The number of rotatable bonds is 4. The maximum absolute atomic E-state index is 12.2. The maximum atomic E-state index is 12.2. The minimum atomic E-state index is -3.90. The van der Waals surface area contributed by atoms with Crippen molar-refractivity contribution in [1.29, 1.82) is 0 Å². The second-order valence-corrected chi connectivity index (χ2v) is 8.11. The first-order chi connectivity index (χ1) is 7.34. The summed E-state index contributed by atoms with van der Waals surface area (Å²) in [6, 6.07) is 0. The molecule has 0 aliphatic rings. The van der Waals surface area contributed by atoms with Crippen LogP contribution in [-0.4, -0.2) is 33.1 Å². The number of nitrogens with zero attached hydrogens (tertiary/aromatic N) is 1. The van der Waals surface area contributed by atoms with Crippen molar-refractivity contribution < 1.29 is 19.2 Å². The maximum Gasteiger partial charge on any atom is 0.348 e. The van der Waals surface area contributed by atoms with Crippen LogP contribution in [0, 0.1) is 5.41 Å². The highest BCUT2D eigenvalue weighted by Gasteiger charge is 2.48. The van der Waals surface area contributed by atoms with E-state index < -0.39 is 24.3 Å². The fourth-order valence-electron chi connectivity index (χ4n) is 1.62. The summed E-state index contributed by atoms with van der Waals surface area (Å²) < 4.78 is 17.1. The summed E-state index contributed by atoms with van der Waals surface area (Å²) in [6.07, 6.45) is 0. The predicted molar refractivity (Wildman–Crippen MR) is 68.1 cm³/mol. The van der Waals surface area contributed by atoms with E-state index in [0.29, 0.717) is 0 Å². The Balaban J connectivity index is 5.39. The van der Waals surface area contributed by atoms with Gasteiger partial charge < -0.3 is 14.6 Å². The van der Waals surface area contributed by atoms with Crippen LogP contribution in [0.25, 0.3) is 0 Å². The van der Waals surface area contributed by atoms with E-state index in [1.54, 1.807) is 48.5 Å². The average Bonchev–Trinajstić information content (AvgIpc) is 1.97. The Morgan fingerprint density at radius 2 is 1.65 bits per heavy atom. The topological polar surface area (TPSA) is 70.0 Å². The van der Waals surface area contributed by atoms with Crippen LogP contribution < -0.4 is 0 Å². The van der Waals surface area contributed by atoms with Crippen molar-refractivity contribution in [2.24, 2.45) is 5.41 Å². The molecule has 0 rings (SSSR count). The quantitative estimate of drug-likeness (QED) is 0.605. The zero-order valence-corrected chi connectivity index (χ0v) is 12.8. The van der Waals surface area contributed by atoms with E-state index in [0.717, 1.165) is 5.06 Å². The van der Waals surface area contributed by atoms with E-state index in [1.165, 1.54) is 0 Å². The number of hydrogen-bond acceptors (Lipinski definition) is 4. The van der Waals surface area contributed by atoms with Crippen LogP contribution >= 0.6 is 7.60 Å². The molecule has 0 aromatic carbocycles. The Labute approximate surface area is 104 Å². The summed E-state index contributed by atoms with van der Waals surface area (Å²) in [5, 5.41) is 11.1. The largest absolute Gasteiger partial charge is 0.348 e. The Kier molecular flexibility index (Phi) is 5.39. The highest BCUT2D eigenvalue weighted by Crippen LogP contribution is 2.56. The second-order valence-electron chi connectivity index (χ2n) is 6.24. The lowest BCUT2D eigenvalue weighted by molar-refractivity contribution is -0.190. The van der Waals surface area contributed by atoms with Gasteiger partial charge in [0, 0.05) is 5.54 Å². The lowest BCUT2D eigenvalue weighted by Gasteiger charge is -2.43. The molecule has 0 aliphatic carbocycles. The Morgan fingerprint density at radius 3 is 1.88 bits per heavy atom. The van der Waals surface area contributed by atoms with Gasteiger partial charge >= 0.3 is 7.60 Å². The third-order valence-corrected chi connectivity index (χ3v) is 4.56. The molecule has 2 unspecified atom stereocenters. The van der Waals surface area contributed by atoms with Crippen molar-refractivity contribution in [3.05, 3.63) is 0 Å². The zero-order valence-electron chi connectivity index (χ0n) is 11.9. The molecule has 0 aromatic rings. The van der Waals surface area contributed by atoms with Crippen molar-refractivity contribution in [3.63, 3.8) is 0 Å². The first-order valence-electron chi connectivity index (χ1n) is 5.79. The minimum Gasteiger partial charge on any atom is -0.323 e. The number of hydrogen-bond donors (Lipinski definition) is 2. The van der Waals surface area contributed by atoms with Crippen molar-refractivity contribution in [2.75, 3.05) is 6.61 Å². The summed E-state index contributed by atoms with van der Waals surface area (Å²) in [5.74, 6) is -0.963. The molecule has 0 aromatic heterocycles. The molecule has 0 fully saturated rings. The van der Waals surface area contributed by atoms with Gasteiger partial charge in [-0.15, -0.1) is 0 Å². The van der Waals surface area contributed by atoms with E-state index >= 15 is 0 Å². The van der Waals surface area contributed by atoms with Crippen LogP contribution in [-0.2, 0) is 9.09 Å². The van der Waals surface area contributed by atoms with Gasteiger partial charge in [0.2, 0.25) is 0 Å². The molecule has 0 saturated carbocycles. The van der Waals surface area contributed by atoms with E-state index in [1.807, 2.05) is 0 Å². The molecule has 0 aliphatic heterocycles. The van der Waals surface area contributed by atoms with Crippen LogP contribution in [0.3, 0.4) is 0 Å². The van der Waals surface area contributed by atoms with Gasteiger partial charge in [-0.05, 0) is 33.1 Å². The van der Waals surface area contributed by atoms with Gasteiger partial charge in [-0.2, -0.15) is 5.06 Å². The highest BCUT2D eigenvalue weighted by molar-refractivity contribution is 7.53. The van der Waals surface area contributed by atoms with Crippen LogP contribution in [0.2, 0.25) is 0 Å². The third kappa shape index (κ3) is 4.68. The van der Waals surface area contributed by atoms with Gasteiger partial charge in [0.15, 0.2) is 0 Å². The van der Waals surface area contributed by atoms with E-state index in [-0.39, 0.29) is 6.61 Å². The molecule has 6 heteroatoms. The molecule has 0 bridgehead atoms. The molecule has 104 valence electrons. The molecule has 2 atom stereocenters. The Bertz CT molecular complexity index is 293. The number of hydroxylamine groups is 2. The molecule has 0 amide bonds. The van der Waals surface area contributed by atoms with Gasteiger partial charge in [-0.3, -0.25) is 4.57 Å². The van der Waals surface area contributed by atoms with Gasteiger partial charge in [0.1, 0.15) is 5.78 Å². The SMILES string of the molecule is CCOP(=O)(O)C(N(O)C(C)(C)C)C(C)(C)C. The fraction of sp³-hybridized carbons (Fsp3) is 1.00. The normalized spacial score (nSPS) is 19.2. The summed E-state index contributed by atoms with van der Waals surface area (Å²) in [5.41, 5.74) is -1.21. The van der Waals surface area contributed by atoms with Crippen molar-refractivity contribution in [2.45, 2.75) is 59.8 Å². The second kappa shape index (κ2) is 5.37. The van der Waals surface area contributed by atoms with Crippen LogP contribution in [0.4, 0.5) is 0 Å². The van der Waals surface area contributed by atoms with Crippen LogP contribution in [0.5, 0.6) is 0 Å². The average molecular weight is 267 g/mol. The van der Waals surface area contributed by atoms with E-state index in [9.17, 15) is 14.7 Å². The van der Waals surface area contributed by atoms with Crippen LogP contribution in [0.15, 0.2) is 0 Å². The summed E-state index contributed by atoms with van der Waals surface area (Å²) in [7, 11) is -3.90. The lowest BCUT2D eigenvalue weighted by Crippen LogP contribution is -2.51. The predicted octanol–water partition coefficient (Wildman–Crippen LogP) is 3.07. The monoisotopic (exact) mass is 267 g/mol. The van der Waals surface area contributed by atoms with Gasteiger partial charge in [-0.1, -0.05) is 20.8 Å². The van der Waals surface area contributed by atoms with Gasteiger partial charge in [-0.25, -0.2) is 0 Å². The summed E-state index contributed by atoms with van der Waals surface area (Å²) in [4.78, 5) is 9.98. The van der Waals surface area contributed by atoms with E-state index in [2.05, 4.69) is 0 Å². The summed E-state index contributed by atoms with van der Waals surface area (Å²) >= 11 is 0. The first kappa shape index (κ1) is 17.1. The molecule has 0 spiro atoms. The minimum absolute atomic E-state index is 0.137. The lowest BCUT2D eigenvalue weighted by atomic mass is 9.94. The van der Waals surface area contributed by atoms with E-state index in [4.69, 9.17) is 4.52 Å². The molecule has 0 heterocycles. The molecule has 5 nitrogen and oxygen atoms in total. The van der Waals surface area contributed by atoms with Gasteiger partial charge in [0.25, 0.3) is 0 Å². The molecule has 2 N–H and O–H groups in total. The highest BCUT2D eigenvalue weighted by atomic mass is 31.2. The Hall–Kier alpha value is 0.0700. The molecular formula is C11H26NO4P. The van der Waals surface area contributed by atoms with Crippen molar-refractivity contribution in [1.82, 2.24) is 5.06 Å². The Morgan fingerprint density at radius 1 is 1.24 bits per heavy atom. The molecule has 0 radical (unpaired) electrons.